The van der Waals surface area contributed by atoms with Crippen molar-refractivity contribution in [1.29, 1.82) is 0 Å². The minimum atomic E-state index is -1.71. The highest BCUT2D eigenvalue weighted by Gasteiger charge is 2.39. The van der Waals surface area contributed by atoms with E-state index in [1.165, 1.54) is 47.4 Å². The zero-order valence-electron chi connectivity index (χ0n) is 22.2. The molecule has 0 aliphatic heterocycles. The average Bonchev–Trinajstić information content (AvgIpc) is 2.88. The second-order valence-electron chi connectivity index (χ2n) is 9.89. The minimum Gasteiger partial charge on any atom is -0.416 e. The maximum atomic E-state index is 7.03. The van der Waals surface area contributed by atoms with Gasteiger partial charge in [-0.25, -0.2) is 0 Å². The Morgan fingerprint density at radius 2 is 0.818 bits per heavy atom. The van der Waals surface area contributed by atoms with Gasteiger partial charge in [0.15, 0.2) is 16.6 Å². The summed E-state index contributed by atoms with van der Waals surface area (Å²) in [6.07, 6.45) is 1.98. The molecule has 0 N–H and O–H groups in total. The SMILES string of the molecule is CC[Si](CC)(CC)OCC(CO[Si](CC)(CC)CC)(Cc1ccccc1)Cc1ccccc1. The third-order valence-electron chi connectivity index (χ3n) is 8.08. The van der Waals surface area contributed by atoms with Crippen LogP contribution in [0.1, 0.15) is 52.7 Å². The summed E-state index contributed by atoms with van der Waals surface area (Å²) in [5, 5.41) is 0. The van der Waals surface area contributed by atoms with Crippen molar-refractivity contribution in [3.05, 3.63) is 71.8 Å². The largest absolute Gasteiger partial charge is 0.416 e. The van der Waals surface area contributed by atoms with Gasteiger partial charge in [0.2, 0.25) is 0 Å². The predicted molar refractivity (Wildman–Crippen MR) is 149 cm³/mol. The molecule has 4 heteroatoms. The monoisotopic (exact) mass is 484 g/mol. The van der Waals surface area contributed by atoms with Crippen molar-refractivity contribution in [2.75, 3.05) is 13.2 Å². The summed E-state index contributed by atoms with van der Waals surface area (Å²) in [6, 6.07) is 29.1. The van der Waals surface area contributed by atoms with E-state index in [1.807, 2.05) is 0 Å². The van der Waals surface area contributed by atoms with Gasteiger partial charge in [-0.15, -0.1) is 0 Å². The van der Waals surface area contributed by atoms with Gasteiger partial charge in [-0.3, -0.25) is 0 Å². The van der Waals surface area contributed by atoms with Gasteiger partial charge in [0.1, 0.15) is 0 Å². The van der Waals surface area contributed by atoms with Crippen LogP contribution in [0.3, 0.4) is 0 Å². The molecule has 0 unspecified atom stereocenters. The van der Waals surface area contributed by atoms with Crippen molar-refractivity contribution in [1.82, 2.24) is 0 Å². The Bertz CT molecular complexity index is 687. The van der Waals surface area contributed by atoms with E-state index in [4.69, 9.17) is 8.85 Å². The maximum Gasteiger partial charge on any atom is 0.192 e. The number of hydrogen-bond acceptors (Lipinski definition) is 2. The Balaban J connectivity index is 2.46. The van der Waals surface area contributed by atoms with Crippen LogP contribution in [-0.4, -0.2) is 29.8 Å². The molecular formula is C29H48O2Si2. The van der Waals surface area contributed by atoms with Gasteiger partial charge in [-0.05, 0) is 60.2 Å². The Hall–Kier alpha value is -1.21. The fourth-order valence-corrected chi connectivity index (χ4v) is 10.5. The molecule has 0 amide bonds. The Labute approximate surface area is 206 Å². The molecule has 0 radical (unpaired) electrons. The maximum absolute atomic E-state index is 7.03. The van der Waals surface area contributed by atoms with Crippen LogP contribution in [0.4, 0.5) is 0 Å². The first-order valence-corrected chi connectivity index (χ1v) is 18.4. The standard InChI is InChI=1S/C29H48O2Si2/c1-7-32(8-2,9-3)30-25-29(23-27-19-15-13-16-20-27,24-28-21-17-14-18-22-28)26-31-33(10-4,11-5)12-6/h13-22H,7-12,23-26H2,1-6H3. The molecular weight excluding hydrogens is 436 g/mol. The molecule has 0 saturated heterocycles. The molecule has 0 bridgehead atoms. The van der Waals surface area contributed by atoms with Crippen molar-refractivity contribution in [2.24, 2.45) is 5.41 Å². The summed E-state index contributed by atoms with van der Waals surface area (Å²) in [5.74, 6) is 0. The molecule has 0 atom stereocenters. The second kappa shape index (κ2) is 13.6. The molecule has 0 aliphatic rings. The van der Waals surface area contributed by atoms with Gasteiger partial charge in [0.05, 0.1) is 0 Å². The van der Waals surface area contributed by atoms with E-state index in [-0.39, 0.29) is 5.41 Å². The molecule has 0 aliphatic carbocycles. The zero-order chi connectivity index (χ0) is 24.2. The van der Waals surface area contributed by atoms with Crippen LogP contribution in [0.5, 0.6) is 0 Å². The number of benzene rings is 2. The van der Waals surface area contributed by atoms with E-state index in [9.17, 15) is 0 Å². The quantitative estimate of drug-likeness (QED) is 0.222. The molecule has 184 valence electrons. The molecule has 0 aromatic heterocycles. The van der Waals surface area contributed by atoms with Gasteiger partial charge in [0.25, 0.3) is 0 Å². The summed E-state index contributed by atoms with van der Waals surface area (Å²) < 4.78 is 14.1. The first-order chi connectivity index (χ1) is 15.9. The van der Waals surface area contributed by atoms with E-state index < -0.39 is 16.6 Å². The molecule has 0 spiro atoms. The van der Waals surface area contributed by atoms with Gasteiger partial charge in [0, 0.05) is 18.6 Å². The third-order valence-corrected chi connectivity index (χ3v) is 17.3. The minimum absolute atomic E-state index is 0.0573. The first-order valence-electron chi connectivity index (χ1n) is 13.3. The summed E-state index contributed by atoms with van der Waals surface area (Å²) in [4.78, 5) is 0. The number of rotatable bonds is 16. The lowest BCUT2D eigenvalue weighted by atomic mass is 9.78. The fourth-order valence-electron chi connectivity index (χ4n) is 5.09. The highest BCUT2D eigenvalue weighted by Crippen LogP contribution is 2.35. The summed E-state index contributed by atoms with van der Waals surface area (Å²) >= 11 is 0. The molecule has 33 heavy (non-hydrogen) atoms. The van der Waals surface area contributed by atoms with Gasteiger partial charge < -0.3 is 8.85 Å². The summed E-state index contributed by atoms with van der Waals surface area (Å²) in [7, 11) is -3.41. The van der Waals surface area contributed by atoms with Crippen molar-refractivity contribution in [3.8, 4) is 0 Å². The normalized spacial score (nSPS) is 12.8. The van der Waals surface area contributed by atoms with Crippen LogP contribution in [0.25, 0.3) is 0 Å². The van der Waals surface area contributed by atoms with Gasteiger partial charge in [-0.2, -0.15) is 0 Å². The van der Waals surface area contributed by atoms with E-state index >= 15 is 0 Å². The Morgan fingerprint density at radius 3 is 1.09 bits per heavy atom. The van der Waals surface area contributed by atoms with Gasteiger partial charge in [-0.1, -0.05) is 102 Å². The molecule has 2 nitrogen and oxygen atoms in total. The zero-order valence-corrected chi connectivity index (χ0v) is 24.2. The second-order valence-corrected chi connectivity index (χ2v) is 19.4. The number of hydrogen-bond donors (Lipinski definition) is 0. The van der Waals surface area contributed by atoms with Crippen molar-refractivity contribution in [2.45, 2.75) is 90.6 Å². The molecule has 0 saturated carbocycles. The fraction of sp³-hybridized carbons (Fsp3) is 0.586. The van der Waals surface area contributed by atoms with Crippen LogP contribution in [0.2, 0.25) is 36.3 Å². The van der Waals surface area contributed by atoms with E-state index in [1.54, 1.807) is 0 Å². The van der Waals surface area contributed by atoms with Crippen molar-refractivity contribution >= 4 is 16.6 Å². The van der Waals surface area contributed by atoms with E-state index in [0.717, 1.165) is 26.1 Å². The van der Waals surface area contributed by atoms with Crippen molar-refractivity contribution in [3.63, 3.8) is 0 Å². The first kappa shape index (κ1) is 28.0. The highest BCUT2D eigenvalue weighted by atomic mass is 28.4. The molecule has 2 rings (SSSR count). The Morgan fingerprint density at radius 1 is 0.515 bits per heavy atom. The smallest absolute Gasteiger partial charge is 0.192 e. The lowest BCUT2D eigenvalue weighted by Gasteiger charge is -2.41. The molecule has 2 aromatic carbocycles. The molecule has 0 heterocycles. The topological polar surface area (TPSA) is 18.5 Å². The third kappa shape index (κ3) is 7.92. The van der Waals surface area contributed by atoms with E-state index in [2.05, 4.69) is 102 Å². The lowest BCUT2D eigenvalue weighted by Crippen LogP contribution is -2.47. The van der Waals surface area contributed by atoms with Crippen LogP contribution in [0, 0.1) is 5.41 Å². The van der Waals surface area contributed by atoms with E-state index in [0.29, 0.717) is 0 Å². The molecule has 0 fully saturated rings. The summed E-state index contributed by atoms with van der Waals surface area (Å²) in [5.41, 5.74) is 2.71. The Kier molecular flexibility index (Phi) is 11.6. The summed E-state index contributed by atoms with van der Waals surface area (Å²) in [6.45, 7) is 15.6. The van der Waals surface area contributed by atoms with Crippen LogP contribution in [-0.2, 0) is 21.7 Å². The van der Waals surface area contributed by atoms with Crippen LogP contribution >= 0.6 is 0 Å². The highest BCUT2D eigenvalue weighted by molar-refractivity contribution is 6.74. The average molecular weight is 485 g/mol. The lowest BCUT2D eigenvalue weighted by molar-refractivity contribution is 0.0670. The predicted octanol–water partition coefficient (Wildman–Crippen LogP) is 8.50. The van der Waals surface area contributed by atoms with Crippen LogP contribution in [0.15, 0.2) is 60.7 Å². The van der Waals surface area contributed by atoms with Gasteiger partial charge >= 0.3 is 0 Å². The van der Waals surface area contributed by atoms with Crippen LogP contribution < -0.4 is 0 Å². The van der Waals surface area contributed by atoms with Crippen molar-refractivity contribution < 1.29 is 8.85 Å². The molecule has 2 aromatic rings.